The van der Waals surface area contributed by atoms with Crippen molar-refractivity contribution in [2.45, 2.75) is 11.4 Å². The molecule has 9 heteroatoms. The van der Waals surface area contributed by atoms with Gasteiger partial charge in [-0.2, -0.15) is 4.31 Å². The van der Waals surface area contributed by atoms with E-state index in [-0.39, 0.29) is 9.92 Å². The Morgan fingerprint density at radius 3 is 2.50 bits per heavy atom. The minimum atomic E-state index is -3.64. The molecule has 0 N–H and O–H groups in total. The molecule has 4 rings (SSSR count). The fraction of sp³-hybridized carbons (Fsp3) is 0.286. The van der Waals surface area contributed by atoms with Crippen LogP contribution in [0.1, 0.15) is 5.56 Å². The number of fused-ring (bicyclic) bond motifs is 1. The molecule has 1 fully saturated rings. The van der Waals surface area contributed by atoms with Gasteiger partial charge >= 0.3 is 5.63 Å². The molecule has 30 heavy (non-hydrogen) atoms. The van der Waals surface area contributed by atoms with Gasteiger partial charge in [0, 0.05) is 50.2 Å². The lowest BCUT2D eigenvalue weighted by Crippen LogP contribution is -2.48. The van der Waals surface area contributed by atoms with Gasteiger partial charge in [0.25, 0.3) is 0 Å². The van der Waals surface area contributed by atoms with Crippen LogP contribution in [0.5, 0.6) is 5.75 Å². The van der Waals surface area contributed by atoms with E-state index in [0.29, 0.717) is 44.1 Å². The summed E-state index contributed by atoms with van der Waals surface area (Å²) in [6.07, 6.45) is 0. The standard InChI is InChI=1S/C21H21ClN2O5S/c1-28-16-6-7-17-15(12-21(25)29-19(17)13-16)14-23-8-10-24(11-9-23)30(26,27)20-5-3-2-4-18(20)22/h2-7,12-13H,8-11,14H2,1H3. The zero-order chi connectivity index (χ0) is 21.3. The summed E-state index contributed by atoms with van der Waals surface area (Å²) in [5.41, 5.74) is 0.883. The number of ether oxygens (including phenoxy) is 1. The maximum absolute atomic E-state index is 12.9. The summed E-state index contributed by atoms with van der Waals surface area (Å²) in [7, 11) is -2.09. The molecule has 2 heterocycles. The van der Waals surface area contributed by atoms with Crippen LogP contribution in [-0.2, 0) is 16.6 Å². The summed E-state index contributed by atoms with van der Waals surface area (Å²) in [6, 6.07) is 13.3. The third-order valence-corrected chi connectivity index (χ3v) is 7.62. The molecule has 0 aliphatic carbocycles. The second-order valence-electron chi connectivity index (χ2n) is 7.06. The van der Waals surface area contributed by atoms with Gasteiger partial charge in [-0.25, -0.2) is 13.2 Å². The Hall–Kier alpha value is -2.39. The predicted octanol–water partition coefficient (Wildman–Crippen LogP) is 2.96. The highest BCUT2D eigenvalue weighted by Gasteiger charge is 2.30. The summed E-state index contributed by atoms with van der Waals surface area (Å²) < 4.78 is 37.8. The minimum Gasteiger partial charge on any atom is -0.497 e. The first-order valence-electron chi connectivity index (χ1n) is 9.46. The average molecular weight is 449 g/mol. The highest BCUT2D eigenvalue weighted by molar-refractivity contribution is 7.89. The molecule has 0 amide bonds. The smallest absolute Gasteiger partial charge is 0.336 e. The van der Waals surface area contributed by atoms with E-state index in [2.05, 4.69) is 4.90 Å². The van der Waals surface area contributed by atoms with E-state index >= 15 is 0 Å². The minimum absolute atomic E-state index is 0.126. The number of nitrogens with zero attached hydrogens (tertiary/aromatic N) is 2. The molecule has 0 atom stereocenters. The Labute approximate surface area is 179 Å². The molecule has 0 saturated carbocycles. The zero-order valence-electron chi connectivity index (χ0n) is 16.4. The SMILES string of the molecule is COc1ccc2c(CN3CCN(S(=O)(=O)c4ccccc4Cl)CC3)cc(=O)oc2c1. The molecule has 1 saturated heterocycles. The van der Waals surface area contributed by atoms with E-state index in [9.17, 15) is 13.2 Å². The van der Waals surface area contributed by atoms with E-state index < -0.39 is 15.6 Å². The molecule has 2 aromatic carbocycles. The van der Waals surface area contributed by atoms with Crippen LogP contribution in [0.15, 0.2) is 62.6 Å². The first kappa shape index (κ1) is 20.9. The molecule has 7 nitrogen and oxygen atoms in total. The van der Waals surface area contributed by atoms with Crippen LogP contribution in [-0.4, -0.2) is 50.9 Å². The molecule has 3 aromatic rings. The number of hydrogen-bond donors (Lipinski definition) is 0. The first-order chi connectivity index (χ1) is 14.4. The van der Waals surface area contributed by atoms with Gasteiger partial charge in [0.1, 0.15) is 16.2 Å². The highest BCUT2D eigenvalue weighted by Crippen LogP contribution is 2.26. The molecule has 0 bridgehead atoms. The summed E-state index contributed by atoms with van der Waals surface area (Å²) in [5.74, 6) is 0.612. The van der Waals surface area contributed by atoms with Crippen molar-refractivity contribution < 1.29 is 17.6 Å². The van der Waals surface area contributed by atoms with Crippen molar-refractivity contribution in [1.29, 1.82) is 0 Å². The van der Waals surface area contributed by atoms with Crippen LogP contribution in [0, 0.1) is 0 Å². The van der Waals surface area contributed by atoms with E-state index in [1.807, 2.05) is 12.1 Å². The third-order valence-electron chi connectivity index (χ3n) is 5.22. The number of halogens is 1. The molecule has 0 unspecified atom stereocenters. The van der Waals surface area contributed by atoms with Crippen molar-refractivity contribution >= 4 is 32.6 Å². The van der Waals surface area contributed by atoms with E-state index in [4.69, 9.17) is 20.8 Å². The van der Waals surface area contributed by atoms with Crippen LogP contribution in [0.2, 0.25) is 5.02 Å². The van der Waals surface area contributed by atoms with E-state index in [0.717, 1.165) is 10.9 Å². The maximum Gasteiger partial charge on any atom is 0.336 e. The van der Waals surface area contributed by atoms with Gasteiger partial charge in [-0.05, 0) is 29.8 Å². The molecule has 1 aliphatic heterocycles. The van der Waals surface area contributed by atoms with Gasteiger partial charge in [-0.15, -0.1) is 0 Å². The molecule has 0 radical (unpaired) electrons. The lowest BCUT2D eigenvalue weighted by atomic mass is 10.1. The van der Waals surface area contributed by atoms with Gasteiger partial charge in [-0.1, -0.05) is 23.7 Å². The van der Waals surface area contributed by atoms with Crippen LogP contribution in [0.3, 0.4) is 0 Å². The lowest BCUT2D eigenvalue weighted by Gasteiger charge is -2.34. The topological polar surface area (TPSA) is 80.1 Å². The first-order valence-corrected chi connectivity index (χ1v) is 11.3. The quantitative estimate of drug-likeness (QED) is 0.558. The van der Waals surface area contributed by atoms with Gasteiger partial charge in [0.05, 0.1) is 12.1 Å². The van der Waals surface area contributed by atoms with Crippen LogP contribution < -0.4 is 10.4 Å². The van der Waals surface area contributed by atoms with Crippen molar-refractivity contribution in [3.8, 4) is 5.75 Å². The van der Waals surface area contributed by atoms with Gasteiger partial charge in [0.15, 0.2) is 0 Å². The molecule has 0 spiro atoms. The number of hydrogen-bond acceptors (Lipinski definition) is 6. The lowest BCUT2D eigenvalue weighted by molar-refractivity contribution is 0.182. The van der Waals surface area contributed by atoms with Crippen molar-refractivity contribution in [2.75, 3.05) is 33.3 Å². The van der Waals surface area contributed by atoms with Crippen LogP contribution in [0.25, 0.3) is 11.0 Å². The average Bonchev–Trinajstić information content (AvgIpc) is 2.73. The number of rotatable bonds is 5. The van der Waals surface area contributed by atoms with Crippen LogP contribution in [0.4, 0.5) is 0 Å². The van der Waals surface area contributed by atoms with Crippen molar-refractivity contribution in [3.63, 3.8) is 0 Å². The summed E-state index contributed by atoms with van der Waals surface area (Å²) in [5, 5.41) is 1.05. The summed E-state index contributed by atoms with van der Waals surface area (Å²) in [4.78, 5) is 14.2. The zero-order valence-corrected chi connectivity index (χ0v) is 17.9. The van der Waals surface area contributed by atoms with Gasteiger partial charge < -0.3 is 9.15 Å². The molecular formula is C21H21ClN2O5S. The monoisotopic (exact) mass is 448 g/mol. The molecule has 158 valence electrons. The number of methoxy groups -OCH3 is 1. The Balaban J connectivity index is 1.51. The van der Waals surface area contributed by atoms with Crippen LogP contribution >= 0.6 is 11.6 Å². The van der Waals surface area contributed by atoms with Gasteiger partial charge in [0.2, 0.25) is 10.0 Å². The number of piperazine rings is 1. The third kappa shape index (κ3) is 4.09. The molecular weight excluding hydrogens is 428 g/mol. The van der Waals surface area contributed by atoms with Gasteiger partial charge in [-0.3, -0.25) is 4.90 Å². The molecule has 1 aromatic heterocycles. The van der Waals surface area contributed by atoms with Crippen molar-refractivity contribution in [1.82, 2.24) is 9.21 Å². The largest absolute Gasteiger partial charge is 0.497 e. The Kier molecular flexibility index (Phi) is 5.84. The highest BCUT2D eigenvalue weighted by atomic mass is 35.5. The predicted molar refractivity (Wildman–Crippen MR) is 115 cm³/mol. The summed E-state index contributed by atoms with van der Waals surface area (Å²) >= 11 is 6.09. The second-order valence-corrected chi connectivity index (χ2v) is 9.38. The fourth-order valence-electron chi connectivity index (χ4n) is 3.63. The number of sulfonamides is 1. The second kappa shape index (κ2) is 8.39. The Morgan fingerprint density at radius 1 is 1.07 bits per heavy atom. The van der Waals surface area contributed by atoms with E-state index in [1.165, 1.54) is 16.4 Å². The fourth-order valence-corrected chi connectivity index (χ4v) is 5.55. The number of benzene rings is 2. The van der Waals surface area contributed by atoms with Crippen molar-refractivity contribution in [3.05, 3.63) is 69.5 Å². The normalized spacial score (nSPS) is 16.1. The summed E-state index contributed by atoms with van der Waals surface area (Å²) in [6.45, 7) is 2.30. The maximum atomic E-state index is 12.9. The Bertz CT molecular complexity index is 1230. The van der Waals surface area contributed by atoms with Crippen molar-refractivity contribution in [2.24, 2.45) is 0 Å². The molecule has 1 aliphatic rings. The Morgan fingerprint density at radius 2 is 1.80 bits per heavy atom. The van der Waals surface area contributed by atoms with E-state index in [1.54, 1.807) is 31.4 Å².